The lowest BCUT2D eigenvalue weighted by Gasteiger charge is -2.12. The summed E-state index contributed by atoms with van der Waals surface area (Å²) in [5, 5.41) is 11.0. The first kappa shape index (κ1) is 15.4. The van der Waals surface area contributed by atoms with Crippen molar-refractivity contribution in [1.29, 1.82) is 0 Å². The molecule has 0 aromatic carbocycles. The van der Waals surface area contributed by atoms with Gasteiger partial charge in [-0.25, -0.2) is 4.79 Å². The largest absolute Gasteiger partial charge is 0.480 e. The summed E-state index contributed by atoms with van der Waals surface area (Å²) in [6, 6.07) is -1.24. The van der Waals surface area contributed by atoms with Crippen LogP contribution in [0.15, 0.2) is 0 Å². The lowest BCUT2D eigenvalue weighted by Crippen LogP contribution is -2.43. The van der Waals surface area contributed by atoms with Gasteiger partial charge in [0, 0.05) is 6.42 Å². The fourth-order valence-electron chi connectivity index (χ4n) is 1.27. The van der Waals surface area contributed by atoms with Gasteiger partial charge in [-0.1, -0.05) is 6.42 Å². The highest BCUT2D eigenvalue weighted by molar-refractivity contribution is 5.88. The van der Waals surface area contributed by atoms with Gasteiger partial charge in [0.15, 0.2) is 0 Å². The summed E-state index contributed by atoms with van der Waals surface area (Å²) in [6.45, 7) is 0.570. The van der Waals surface area contributed by atoms with Crippen molar-refractivity contribution in [3.63, 3.8) is 0 Å². The van der Waals surface area contributed by atoms with E-state index in [4.69, 9.17) is 16.6 Å². The maximum absolute atomic E-state index is 11.3. The Balaban J connectivity index is 3.96. The number of rotatable bonds is 9. The summed E-state index contributed by atoms with van der Waals surface area (Å²) < 4.78 is 0. The average molecular weight is 245 g/mol. The number of nitrogens with one attached hydrogen (secondary N) is 1. The standard InChI is InChI=1S/C10H19N3O4/c11-5-3-1-2-4-9(15)13-7(10(16)17)6-8(12)14/h7H,1-6,11H2,(H2,12,14)(H,13,15)(H,16,17)/t7-/m0/s1. The smallest absolute Gasteiger partial charge is 0.326 e. The minimum atomic E-state index is -1.26. The van der Waals surface area contributed by atoms with Crippen LogP contribution in [0.1, 0.15) is 32.1 Å². The molecule has 0 spiro atoms. The summed E-state index contributed by atoms with van der Waals surface area (Å²) in [5.41, 5.74) is 10.2. The van der Waals surface area contributed by atoms with E-state index in [1.54, 1.807) is 0 Å². The summed E-state index contributed by atoms with van der Waals surface area (Å²) in [6.07, 6.45) is 2.12. The number of amides is 2. The molecule has 0 fully saturated rings. The molecule has 98 valence electrons. The van der Waals surface area contributed by atoms with E-state index in [9.17, 15) is 14.4 Å². The van der Waals surface area contributed by atoms with Gasteiger partial charge in [0.05, 0.1) is 6.42 Å². The highest BCUT2D eigenvalue weighted by atomic mass is 16.4. The van der Waals surface area contributed by atoms with E-state index in [0.29, 0.717) is 13.0 Å². The molecule has 0 saturated carbocycles. The van der Waals surface area contributed by atoms with E-state index < -0.39 is 30.2 Å². The van der Waals surface area contributed by atoms with Crippen LogP contribution < -0.4 is 16.8 Å². The van der Waals surface area contributed by atoms with Crippen molar-refractivity contribution in [3.05, 3.63) is 0 Å². The number of primary amides is 1. The lowest BCUT2D eigenvalue weighted by molar-refractivity contribution is -0.143. The Morgan fingerprint density at radius 3 is 2.29 bits per heavy atom. The zero-order valence-electron chi connectivity index (χ0n) is 9.65. The van der Waals surface area contributed by atoms with Gasteiger partial charge in [0.1, 0.15) is 6.04 Å². The molecule has 0 aliphatic rings. The van der Waals surface area contributed by atoms with E-state index in [1.807, 2.05) is 0 Å². The number of aliphatic carboxylic acids is 1. The number of hydrogen-bond acceptors (Lipinski definition) is 4. The minimum Gasteiger partial charge on any atom is -0.480 e. The van der Waals surface area contributed by atoms with Crippen molar-refractivity contribution in [2.45, 2.75) is 38.1 Å². The fourth-order valence-corrected chi connectivity index (χ4v) is 1.27. The Labute approximate surface area is 99.5 Å². The van der Waals surface area contributed by atoms with Gasteiger partial charge >= 0.3 is 5.97 Å². The maximum Gasteiger partial charge on any atom is 0.326 e. The molecule has 0 rings (SSSR count). The third-order valence-corrected chi connectivity index (χ3v) is 2.15. The molecule has 0 bridgehead atoms. The van der Waals surface area contributed by atoms with Crippen molar-refractivity contribution in [3.8, 4) is 0 Å². The molecule has 0 aromatic rings. The quantitative estimate of drug-likeness (QED) is 0.384. The molecular formula is C10H19N3O4. The molecule has 0 aliphatic heterocycles. The summed E-state index contributed by atoms with van der Waals surface area (Å²) >= 11 is 0. The normalized spacial score (nSPS) is 11.8. The van der Waals surface area contributed by atoms with E-state index in [-0.39, 0.29) is 6.42 Å². The van der Waals surface area contributed by atoms with Crippen LogP contribution in [-0.2, 0) is 14.4 Å². The number of carbonyl (C=O) groups excluding carboxylic acids is 2. The molecule has 0 heterocycles. The molecular weight excluding hydrogens is 226 g/mol. The van der Waals surface area contributed by atoms with Crippen molar-refractivity contribution >= 4 is 17.8 Å². The molecule has 2 amide bonds. The first-order valence-corrected chi connectivity index (χ1v) is 5.48. The number of carbonyl (C=O) groups is 3. The molecule has 6 N–H and O–H groups in total. The lowest BCUT2D eigenvalue weighted by atomic mass is 10.1. The SMILES string of the molecule is NCCCCCC(=O)N[C@@H](CC(N)=O)C(=O)O. The van der Waals surface area contributed by atoms with Crippen LogP contribution >= 0.6 is 0 Å². The first-order chi connectivity index (χ1) is 7.97. The second-order valence-electron chi connectivity index (χ2n) is 3.73. The fraction of sp³-hybridized carbons (Fsp3) is 0.700. The first-order valence-electron chi connectivity index (χ1n) is 5.48. The van der Waals surface area contributed by atoms with E-state index in [1.165, 1.54) is 0 Å². The van der Waals surface area contributed by atoms with Gasteiger partial charge in [0.25, 0.3) is 0 Å². The van der Waals surface area contributed by atoms with Gasteiger partial charge in [0.2, 0.25) is 11.8 Å². The molecule has 0 radical (unpaired) electrons. The second kappa shape index (κ2) is 8.51. The van der Waals surface area contributed by atoms with Crippen molar-refractivity contribution < 1.29 is 19.5 Å². The predicted molar refractivity (Wildman–Crippen MR) is 60.9 cm³/mol. The van der Waals surface area contributed by atoms with Crippen LogP contribution in [0, 0.1) is 0 Å². The Morgan fingerprint density at radius 1 is 1.18 bits per heavy atom. The minimum absolute atomic E-state index is 0.225. The van der Waals surface area contributed by atoms with Crippen molar-refractivity contribution in [1.82, 2.24) is 5.32 Å². The van der Waals surface area contributed by atoms with Crippen LogP contribution in [0.3, 0.4) is 0 Å². The molecule has 0 aliphatic carbocycles. The Hall–Kier alpha value is -1.63. The van der Waals surface area contributed by atoms with E-state index in [0.717, 1.165) is 12.8 Å². The number of unbranched alkanes of at least 4 members (excludes halogenated alkanes) is 2. The highest BCUT2D eigenvalue weighted by Gasteiger charge is 2.21. The molecule has 7 heteroatoms. The van der Waals surface area contributed by atoms with Gasteiger partial charge in [-0.05, 0) is 19.4 Å². The summed E-state index contributed by atoms with van der Waals surface area (Å²) in [7, 11) is 0. The van der Waals surface area contributed by atoms with Gasteiger partial charge < -0.3 is 21.9 Å². The van der Waals surface area contributed by atoms with Gasteiger partial charge in [-0.15, -0.1) is 0 Å². The summed E-state index contributed by atoms with van der Waals surface area (Å²) in [5.74, 6) is -2.42. The summed E-state index contributed by atoms with van der Waals surface area (Å²) in [4.78, 5) is 32.6. The molecule has 0 saturated heterocycles. The number of carboxylic acid groups (broad SMARTS) is 1. The molecule has 0 unspecified atom stereocenters. The molecule has 17 heavy (non-hydrogen) atoms. The topological polar surface area (TPSA) is 136 Å². The second-order valence-corrected chi connectivity index (χ2v) is 3.73. The third kappa shape index (κ3) is 8.21. The average Bonchev–Trinajstić information content (AvgIpc) is 2.22. The van der Waals surface area contributed by atoms with Crippen molar-refractivity contribution in [2.75, 3.05) is 6.54 Å². The van der Waals surface area contributed by atoms with E-state index >= 15 is 0 Å². The monoisotopic (exact) mass is 245 g/mol. The van der Waals surface area contributed by atoms with Crippen LogP contribution in [0.2, 0.25) is 0 Å². The Bertz CT molecular complexity index is 281. The molecule has 0 aromatic heterocycles. The van der Waals surface area contributed by atoms with Crippen LogP contribution in [-0.4, -0.2) is 35.5 Å². The zero-order valence-corrected chi connectivity index (χ0v) is 9.65. The highest BCUT2D eigenvalue weighted by Crippen LogP contribution is 2.00. The Morgan fingerprint density at radius 2 is 1.82 bits per heavy atom. The van der Waals surface area contributed by atoms with Crippen molar-refractivity contribution in [2.24, 2.45) is 11.5 Å². The van der Waals surface area contributed by atoms with E-state index in [2.05, 4.69) is 5.32 Å². The van der Waals surface area contributed by atoms with Crippen LogP contribution in [0.25, 0.3) is 0 Å². The van der Waals surface area contributed by atoms with Gasteiger partial charge in [-0.2, -0.15) is 0 Å². The van der Waals surface area contributed by atoms with Crippen LogP contribution in [0.4, 0.5) is 0 Å². The maximum atomic E-state index is 11.3. The van der Waals surface area contributed by atoms with Gasteiger partial charge in [-0.3, -0.25) is 9.59 Å². The molecule has 1 atom stereocenters. The third-order valence-electron chi connectivity index (χ3n) is 2.15. The Kier molecular flexibility index (Phi) is 7.70. The predicted octanol–water partition coefficient (Wildman–Crippen LogP) is -1.05. The zero-order chi connectivity index (χ0) is 13.3. The number of carboxylic acids is 1. The number of hydrogen-bond donors (Lipinski definition) is 4. The number of nitrogens with two attached hydrogens (primary N) is 2. The molecule has 7 nitrogen and oxygen atoms in total. The van der Waals surface area contributed by atoms with Crippen LogP contribution in [0.5, 0.6) is 0 Å².